The minimum Gasteiger partial charge on any atom is -0.379 e. The Balaban J connectivity index is 1.80. The number of carbonyl (C=O) groups is 1. The molecule has 0 radical (unpaired) electrons. The normalized spacial score (nSPS) is 20.4. The van der Waals surface area contributed by atoms with Gasteiger partial charge in [-0.3, -0.25) is 10.2 Å². The Morgan fingerprint density at radius 1 is 1.08 bits per heavy atom. The Kier molecular flexibility index (Phi) is 5.96. The molecule has 25 heavy (non-hydrogen) atoms. The van der Waals surface area contributed by atoms with Gasteiger partial charge in [-0.25, -0.2) is 13.4 Å². The molecule has 9 heteroatoms. The minimum absolute atomic E-state index is 0.0718. The minimum atomic E-state index is -3.67. The standard InChI is InChI=1S/C16H22ClN3O4S/c17-15-5-4-13(25(22,23)20-8-10-24-11-9-20)12-14(15)16(21)18-19-6-2-1-3-7-19/h4-5,12H,1-3,6-11H2,(H,18,21). The monoisotopic (exact) mass is 387 g/mol. The first-order valence-electron chi connectivity index (χ1n) is 8.42. The molecule has 2 aliphatic rings. The molecule has 3 rings (SSSR count). The lowest BCUT2D eigenvalue weighted by Crippen LogP contribution is -2.45. The number of hydrogen-bond donors (Lipinski definition) is 1. The summed E-state index contributed by atoms with van der Waals surface area (Å²) in [6.45, 7) is 2.93. The van der Waals surface area contributed by atoms with Crippen LogP contribution in [0.15, 0.2) is 23.1 Å². The van der Waals surface area contributed by atoms with E-state index in [0.717, 1.165) is 32.4 Å². The lowest BCUT2D eigenvalue weighted by molar-refractivity contribution is 0.0729. The molecule has 0 saturated carbocycles. The van der Waals surface area contributed by atoms with Gasteiger partial charge >= 0.3 is 0 Å². The smallest absolute Gasteiger partial charge is 0.267 e. The second kappa shape index (κ2) is 8.01. The van der Waals surface area contributed by atoms with Crippen molar-refractivity contribution in [2.45, 2.75) is 24.2 Å². The van der Waals surface area contributed by atoms with E-state index in [1.165, 1.54) is 22.5 Å². The van der Waals surface area contributed by atoms with Crippen molar-refractivity contribution < 1.29 is 17.9 Å². The van der Waals surface area contributed by atoms with E-state index in [2.05, 4.69) is 5.43 Å². The quantitative estimate of drug-likeness (QED) is 0.846. The van der Waals surface area contributed by atoms with Crippen LogP contribution in [0, 0.1) is 0 Å². The van der Waals surface area contributed by atoms with Crippen LogP contribution in [0.2, 0.25) is 5.02 Å². The van der Waals surface area contributed by atoms with Gasteiger partial charge in [0.2, 0.25) is 10.0 Å². The summed E-state index contributed by atoms with van der Waals surface area (Å²) in [5.41, 5.74) is 2.98. The van der Waals surface area contributed by atoms with Gasteiger partial charge < -0.3 is 4.74 Å². The molecule has 1 aromatic rings. The molecule has 2 heterocycles. The molecule has 1 N–H and O–H groups in total. The highest BCUT2D eigenvalue weighted by atomic mass is 35.5. The number of halogens is 1. The second-order valence-electron chi connectivity index (χ2n) is 6.15. The summed E-state index contributed by atoms with van der Waals surface area (Å²) >= 11 is 6.14. The highest BCUT2D eigenvalue weighted by Crippen LogP contribution is 2.24. The van der Waals surface area contributed by atoms with Crippen LogP contribution in [-0.4, -0.2) is 63.0 Å². The van der Waals surface area contributed by atoms with Gasteiger partial charge in [0.05, 0.1) is 28.7 Å². The van der Waals surface area contributed by atoms with Crippen LogP contribution in [0.1, 0.15) is 29.6 Å². The van der Waals surface area contributed by atoms with Crippen LogP contribution in [0.5, 0.6) is 0 Å². The number of morpholine rings is 1. The van der Waals surface area contributed by atoms with E-state index >= 15 is 0 Å². The number of sulfonamides is 1. The lowest BCUT2D eigenvalue weighted by Gasteiger charge is -2.27. The molecule has 1 aromatic carbocycles. The van der Waals surface area contributed by atoms with E-state index in [1.54, 1.807) is 0 Å². The van der Waals surface area contributed by atoms with E-state index in [0.29, 0.717) is 26.3 Å². The van der Waals surface area contributed by atoms with Crippen LogP contribution in [0.25, 0.3) is 0 Å². The number of amides is 1. The van der Waals surface area contributed by atoms with Crippen LogP contribution >= 0.6 is 11.6 Å². The van der Waals surface area contributed by atoms with Gasteiger partial charge in [-0.2, -0.15) is 4.31 Å². The summed E-state index contributed by atoms with van der Waals surface area (Å²) in [6.07, 6.45) is 3.21. The Morgan fingerprint density at radius 3 is 2.44 bits per heavy atom. The summed E-state index contributed by atoms with van der Waals surface area (Å²) < 4.78 is 32.1. The number of hydrazine groups is 1. The molecule has 0 atom stereocenters. The zero-order chi connectivity index (χ0) is 17.9. The highest BCUT2D eigenvalue weighted by Gasteiger charge is 2.28. The third-order valence-electron chi connectivity index (χ3n) is 4.41. The van der Waals surface area contributed by atoms with Crippen molar-refractivity contribution in [1.29, 1.82) is 0 Å². The average molecular weight is 388 g/mol. The molecule has 0 unspecified atom stereocenters. The van der Waals surface area contributed by atoms with E-state index in [1.807, 2.05) is 5.01 Å². The van der Waals surface area contributed by atoms with Crippen molar-refractivity contribution in [1.82, 2.24) is 14.7 Å². The second-order valence-corrected chi connectivity index (χ2v) is 8.49. The molecule has 2 saturated heterocycles. The van der Waals surface area contributed by atoms with Gasteiger partial charge in [-0.15, -0.1) is 0 Å². The number of ether oxygens (including phenoxy) is 1. The van der Waals surface area contributed by atoms with Crippen LogP contribution in [-0.2, 0) is 14.8 Å². The average Bonchev–Trinajstić information content (AvgIpc) is 2.63. The third-order valence-corrected chi connectivity index (χ3v) is 6.63. The summed E-state index contributed by atoms with van der Waals surface area (Å²) in [6, 6.07) is 4.25. The first-order valence-corrected chi connectivity index (χ1v) is 10.2. The largest absolute Gasteiger partial charge is 0.379 e. The number of piperidine rings is 1. The third kappa shape index (κ3) is 4.32. The SMILES string of the molecule is O=C(NN1CCCCC1)c1cc(S(=O)(=O)N2CCOCC2)ccc1Cl. The molecule has 2 fully saturated rings. The number of hydrogen-bond acceptors (Lipinski definition) is 5. The van der Waals surface area contributed by atoms with Gasteiger partial charge in [0, 0.05) is 26.2 Å². The van der Waals surface area contributed by atoms with Crippen molar-refractivity contribution in [3.05, 3.63) is 28.8 Å². The number of nitrogens with one attached hydrogen (secondary N) is 1. The Bertz CT molecular complexity index is 729. The van der Waals surface area contributed by atoms with Crippen molar-refractivity contribution in [3.63, 3.8) is 0 Å². The summed E-state index contributed by atoms with van der Waals surface area (Å²) in [7, 11) is -3.67. The number of rotatable bonds is 4. The fraction of sp³-hybridized carbons (Fsp3) is 0.562. The van der Waals surface area contributed by atoms with Crippen LogP contribution in [0.4, 0.5) is 0 Å². The maximum atomic E-state index is 12.7. The van der Waals surface area contributed by atoms with Gasteiger partial charge in [-0.1, -0.05) is 18.0 Å². The van der Waals surface area contributed by atoms with E-state index in [-0.39, 0.29) is 21.4 Å². The predicted octanol–water partition coefficient (Wildman–Crippen LogP) is 1.49. The summed E-state index contributed by atoms with van der Waals surface area (Å²) in [5, 5.41) is 2.08. The fourth-order valence-electron chi connectivity index (χ4n) is 2.98. The molecule has 0 aliphatic carbocycles. The van der Waals surface area contributed by atoms with Gasteiger partial charge in [-0.05, 0) is 31.0 Å². The Hall–Kier alpha value is -1.19. The van der Waals surface area contributed by atoms with Gasteiger partial charge in [0.25, 0.3) is 5.91 Å². The summed E-state index contributed by atoms with van der Waals surface area (Å²) in [5.74, 6) is -0.383. The van der Waals surface area contributed by atoms with Crippen LogP contribution in [0.3, 0.4) is 0 Å². The molecule has 1 amide bonds. The zero-order valence-electron chi connectivity index (χ0n) is 13.9. The Morgan fingerprint density at radius 2 is 1.76 bits per heavy atom. The number of carbonyl (C=O) groups excluding carboxylic acids is 1. The molecular weight excluding hydrogens is 366 g/mol. The van der Waals surface area contributed by atoms with E-state index in [4.69, 9.17) is 16.3 Å². The van der Waals surface area contributed by atoms with Crippen molar-refractivity contribution >= 4 is 27.5 Å². The van der Waals surface area contributed by atoms with Gasteiger partial charge in [0.15, 0.2) is 0 Å². The first-order chi connectivity index (χ1) is 12.0. The highest BCUT2D eigenvalue weighted by molar-refractivity contribution is 7.89. The molecular formula is C16H22ClN3O4S. The molecule has 2 aliphatic heterocycles. The molecule has 0 spiro atoms. The predicted molar refractivity (Wildman–Crippen MR) is 93.9 cm³/mol. The van der Waals surface area contributed by atoms with Crippen molar-refractivity contribution in [2.24, 2.45) is 0 Å². The van der Waals surface area contributed by atoms with Crippen LogP contribution < -0.4 is 5.43 Å². The fourth-order valence-corrected chi connectivity index (χ4v) is 4.62. The molecule has 138 valence electrons. The number of nitrogens with zero attached hydrogens (tertiary/aromatic N) is 2. The zero-order valence-corrected chi connectivity index (χ0v) is 15.5. The maximum Gasteiger partial charge on any atom is 0.267 e. The van der Waals surface area contributed by atoms with E-state index in [9.17, 15) is 13.2 Å². The maximum absolute atomic E-state index is 12.7. The van der Waals surface area contributed by atoms with E-state index < -0.39 is 10.0 Å². The van der Waals surface area contributed by atoms with Gasteiger partial charge in [0.1, 0.15) is 0 Å². The molecule has 7 nitrogen and oxygen atoms in total. The van der Waals surface area contributed by atoms with Crippen molar-refractivity contribution in [2.75, 3.05) is 39.4 Å². The lowest BCUT2D eigenvalue weighted by atomic mass is 10.1. The molecule has 0 aromatic heterocycles. The first kappa shape index (κ1) is 18.6. The number of benzene rings is 1. The topological polar surface area (TPSA) is 79.0 Å². The van der Waals surface area contributed by atoms with Crippen molar-refractivity contribution in [3.8, 4) is 0 Å². The summed E-state index contributed by atoms with van der Waals surface area (Å²) in [4.78, 5) is 12.6. The molecule has 0 bridgehead atoms. The Labute approximate surface area is 152 Å².